The van der Waals surface area contributed by atoms with Gasteiger partial charge in [-0.25, -0.2) is 0 Å². The third-order valence-electron chi connectivity index (χ3n) is 6.35. The molecule has 4 aromatic rings. The van der Waals surface area contributed by atoms with Gasteiger partial charge in [0.1, 0.15) is 11.4 Å². The number of H-pyrrole nitrogens is 1. The SMILES string of the molecule is C=CC(=O)Nc1cccc(Oc2nc(Nc3ccc(C[C@H]4CCN(C(C)=O)C4)cc3)nc3[nH]ccc23)c1. The number of aromatic nitrogens is 3. The van der Waals surface area contributed by atoms with E-state index >= 15 is 0 Å². The molecule has 2 aromatic carbocycles. The van der Waals surface area contributed by atoms with Crippen LogP contribution in [-0.2, 0) is 16.0 Å². The number of hydrogen-bond donors (Lipinski definition) is 3. The monoisotopic (exact) mass is 496 g/mol. The van der Waals surface area contributed by atoms with Gasteiger partial charge in [0.05, 0.1) is 5.39 Å². The first-order chi connectivity index (χ1) is 18.0. The summed E-state index contributed by atoms with van der Waals surface area (Å²) in [6, 6.07) is 17.1. The molecule has 0 radical (unpaired) electrons. The van der Waals surface area contributed by atoms with Crippen molar-refractivity contribution in [3.05, 3.63) is 79.0 Å². The number of nitrogens with zero attached hydrogens (tertiary/aromatic N) is 3. The lowest BCUT2D eigenvalue weighted by atomic mass is 9.98. The van der Waals surface area contributed by atoms with Crippen LogP contribution in [0.4, 0.5) is 17.3 Å². The zero-order chi connectivity index (χ0) is 25.8. The second-order valence-electron chi connectivity index (χ2n) is 9.06. The first-order valence-electron chi connectivity index (χ1n) is 12.1. The molecule has 0 unspecified atom stereocenters. The van der Waals surface area contributed by atoms with Crippen LogP contribution >= 0.6 is 0 Å². The Morgan fingerprint density at radius 2 is 2.00 bits per heavy atom. The second-order valence-corrected chi connectivity index (χ2v) is 9.06. The number of fused-ring (bicyclic) bond motifs is 1. The van der Waals surface area contributed by atoms with Crippen LogP contribution in [0, 0.1) is 5.92 Å². The molecule has 3 N–H and O–H groups in total. The molecule has 2 amide bonds. The molecule has 37 heavy (non-hydrogen) atoms. The number of rotatable bonds is 8. The second kappa shape index (κ2) is 10.5. The molecule has 2 aromatic heterocycles. The fourth-order valence-electron chi connectivity index (χ4n) is 4.46. The van der Waals surface area contributed by atoms with E-state index in [1.54, 1.807) is 37.4 Å². The first-order valence-corrected chi connectivity index (χ1v) is 12.1. The zero-order valence-corrected chi connectivity index (χ0v) is 20.5. The average Bonchev–Trinajstić information content (AvgIpc) is 3.55. The molecule has 1 fully saturated rings. The lowest BCUT2D eigenvalue weighted by molar-refractivity contribution is -0.127. The summed E-state index contributed by atoms with van der Waals surface area (Å²) in [7, 11) is 0. The summed E-state index contributed by atoms with van der Waals surface area (Å²) in [5, 5.41) is 6.71. The Morgan fingerprint density at radius 3 is 2.76 bits per heavy atom. The van der Waals surface area contributed by atoms with Gasteiger partial charge in [-0.2, -0.15) is 9.97 Å². The molecule has 0 bridgehead atoms. The molecule has 1 aliphatic rings. The highest BCUT2D eigenvalue weighted by molar-refractivity contribution is 5.99. The lowest BCUT2D eigenvalue weighted by Crippen LogP contribution is -2.26. The van der Waals surface area contributed by atoms with Gasteiger partial charge < -0.3 is 25.3 Å². The molecule has 1 saturated heterocycles. The van der Waals surface area contributed by atoms with Crippen molar-refractivity contribution >= 4 is 40.2 Å². The number of benzene rings is 2. The van der Waals surface area contributed by atoms with Gasteiger partial charge in [0, 0.05) is 43.7 Å². The molecular formula is C28H28N6O3. The Kier molecular flexibility index (Phi) is 6.85. The van der Waals surface area contributed by atoms with E-state index in [1.165, 1.54) is 11.6 Å². The normalized spacial score (nSPS) is 14.9. The fourth-order valence-corrected chi connectivity index (χ4v) is 4.46. The third kappa shape index (κ3) is 5.78. The van der Waals surface area contributed by atoms with Crippen molar-refractivity contribution in [1.29, 1.82) is 0 Å². The third-order valence-corrected chi connectivity index (χ3v) is 6.35. The van der Waals surface area contributed by atoms with E-state index in [1.807, 2.05) is 23.1 Å². The summed E-state index contributed by atoms with van der Waals surface area (Å²) in [5.41, 5.74) is 3.31. The number of carbonyl (C=O) groups is 2. The van der Waals surface area contributed by atoms with E-state index in [4.69, 9.17) is 4.74 Å². The van der Waals surface area contributed by atoms with E-state index < -0.39 is 0 Å². The van der Waals surface area contributed by atoms with Gasteiger partial charge in [0.2, 0.25) is 23.6 Å². The smallest absolute Gasteiger partial charge is 0.247 e. The molecule has 9 heteroatoms. The Morgan fingerprint density at radius 1 is 1.16 bits per heavy atom. The van der Waals surface area contributed by atoms with Crippen molar-refractivity contribution in [2.75, 3.05) is 23.7 Å². The van der Waals surface area contributed by atoms with E-state index in [0.717, 1.165) is 37.0 Å². The van der Waals surface area contributed by atoms with Gasteiger partial charge in [-0.3, -0.25) is 9.59 Å². The van der Waals surface area contributed by atoms with Crippen LogP contribution in [0.5, 0.6) is 11.6 Å². The zero-order valence-electron chi connectivity index (χ0n) is 20.5. The Labute approximate surface area is 214 Å². The maximum atomic E-state index is 11.6. The molecule has 0 spiro atoms. The summed E-state index contributed by atoms with van der Waals surface area (Å²) in [6.07, 6.45) is 4.97. The number of likely N-dealkylation sites (tertiary alicyclic amines) is 1. The van der Waals surface area contributed by atoms with E-state index in [0.29, 0.717) is 34.8 Å². The molecule has 3 heterocycles. The van der Waals surface area contributed by atoms with Crippen LogP contribution in [0.15, 0.2) is 73.4 Å². The maximum absolute atomic E-state index is 11.6. The van der Waals surface area contributed by atoms with E-state index in [9.17, 15) is 9.59 Å². The quantitative estimate of drug-likeness (QED) is 0.295. The lowest BCUT2D eigenvalue weighted by Gasteiger charge is -2.14. The van der Waals surface area contributed by atoms with Crippen molar-refractivity contribution in [2.24, 2.45) is 5.92 Å². The summed E-state index contributed by atoms with van der Waals surface area (Å²) in [4.78, 5) is 37.4. The fraction of sp³-hybridized carbons (Fsp3) is 0.214. The van der Waals surface area contributed by atoms with Crippen molar-refractivity contribution in [3.63, 3.8) is 0 Å². The first kappa shape index (κ1) is 24.1. The van der Waals surface area contributed by atoms with Gasteiger partial charge in [-0.15, -0.1) is 0 Å². The van der Waals surface area contributed by atoms with Crippen LogP contribution in [0.1, 0.15) is 18.9 Å². The van der Waals surface area contributed by atoms with Crippen LogP contribution < -0.4 is 15.4 Å². The standard InChI is InChI=1S/C28H28N6O3/c1-3-25(36)30-22-5-4-6-23(16-22)37-27-24-11-13-29-26(24)32-28(33-27)31-21-9-7-19(8-10-21)15-20-12-14-34(17-20)18(2)35/h3-11,13,16,20H,1,12,14-15,17H2,2H3,(H,30,36)(H2,29,31,32,33)/t20-/m1/s1. The average molecular weight is 497 g/mol. The number of anilines is 3. The van der Waals surface area contributed by atoms with Crippen molar-refractivity contribution in [1.82, 2.24) is 19.9 Å². The number of hydrogen-bond acceptors (Lipinski definition) is 6. The summed E-state index contributed by atoms with van der Waals surface area (Å²) in [5.74, 6) is 1.64. The molecule has 0 saturated carbocycles. The van der Waals surface area contributed by atoms with Gasteiger partial charge in [-0.05, 0) is 60.7 Å². The highest BCUT2D eigenvalue weighted by atomic mass is 16.5. The Bertz CT molecular complexity index is 1450. The predicted octanol–water partition coefficient (Wildman–Crippen LogP) is 5.03. The number of aromatic amines is 1. The van der Waals surface area contributed by atoms with Crippen LogP contribution in [0.2, 0.25) is 0 Å². The van der Waals surface area contributed by atoms with Crippen LogP contribution in [0.25, 0.3) is 11.0 Å². The Balaban J connectivity index is 1.30. The molecule has 5 rings (SSSR count). The topological polar surface area (TPSA) is 112 Å². The molecule has 0 aliphatic carbocycles. The molecule has 1 aliphatic heterocycles. The summed E-state index contributed by atoms with van der Waals surface area (Å²) in [6.45, 7) is 6.77. The largest absolute Gasteiger partial charge is 0.438 e. The van der Waals surface area contributed by atoms with Crippen molar-refractivity contribution in [3.8, 4) is 11.6 Å². The van der Waals surface area contributed by atoms with Gasteiger partial charge in [0.15, 0.2) is 0 Å². The van der Waals surface area contributed by atoms with Crippen molar-refractivity contribution < 1.29 is 14.3 Å². The number of amides is 2. The highest BCUT2D eigenvalue weighted by Crippen LogP contribution is 2.30. The Hall–Kier alpha value is -4.66. The molecule has 1 atom stereocenters. The summed E-state index contributed by atoms with van der Waals surface area (Å²) >= 11 is 0. The molecule has 9 nitrogen and oxygen atoms in total. The van der Waals surface area contributed by atoms with Gasteiger partial charge >= 0.3 is 0 Å². The molecular weight excluding hydrogens is 468 g/mol. The number of carbonyl (C=O) groups excluding carboxylic acids is 2. The van der Waals surface area contributed by atoms with Gasteiger partial charge in [-0.1, -0.05) is 24.8 Å². The maximum Gasteiger partial charge on any atom is 0.247 e. The highest BCUT2D eigenvalue weighted by Gasteiger charge is 2.24. The van der Waals surface area contributed by atoms with Crippen LogP contribution in [-0.4, -0.2) is 44.8 Å². The minimum absolute atomic E-state index is 0.150. The minimum atomic E-state index is -0.300. The van der Waals surface area contributed by atoms with Gasteiger partial charge in [0.25, 0.3) is 0 Å². The predicted molar refractivity (Wildman–Crippen MR) is 143 cm³/mol. The van der Waals surface area contributed by atoms with Crippen molar-refractivity contribution in [2.45, 2.75) is 19.8 Å². The molecule has 188 valence electrons. The summed E-state index contributed by atoms with van der Waals surface area (Å²) < 4.78 is 6.09. The minimum Gasteiger partial charge on any atom is -0.438 e. The van der Waals surface area contributed by atoms with Crippen LogP contribution in [0.3, 0.4) is 0 Å². The number of ether oxygens (including phenoxy) is 1. The van der Waals surface area contributed by atoms with E-state index in [2.05, 4.69) is 44.3 Å². The van der Waals surface area contributed by atoms with E-state index in [-0.39, 0.29) is 11.8 Å². The number of nitrogens with one attached hydrogen (secondary N) is 3.